The van der Waals surface area contributed by atoms with Crippen molar-refractivity contribution in [3.05, 3.63) is 12.7 Å². The van der Waals surface area contributed by atoms with E-state index in [2.05, 4.69) is 24.5 Å². The van der Waals surface area contributed by atoms with Crippen molar-refractivity contribution in [1.82, 2.24) is 5.32 Å². The van der Waals surface area contributed by atoms with E-state index in [1.165, 1.54) is 6.08 Å². The Morgan fingerprint density at radius 2 is 2.22 bits per heavy atom. The lowest BCUT2D eigenvalue weighted by atomic mass is 9.91. The maximum absolute atomic E-state index is 11.7. The van der Waals surface area contributed by atoms with Gasteiger partial charge in [-0.2, -0.15) is 0 Å². The molecule has 100 valence electrons. The first-order valence-corrected chi connectivity index (χ1v) is 5.88. The van der Waals surface area contributed by atoms with Crippen LogP contribution in [0.1, 0.15) is 6.42 Å². The van der Waals surface area contributed by atoms with Crippen LogP contribution in [0, 0.1) is 11.8 Å². The van der Waals surface area contributed by atoms with Crippen LogP contribution in [0.4, 0.5) is 0 Å². The predicted molar refractivity (Wildman–Crippen MR) is 66.2 cm³/mol. The molecule has 1 fully saturated rings. The van der Waals surface area contributed by atoms with Gasteiger partial charge in [0.05, 0.1) is 0 Å². The largest absolute Gasteiger partial charge is 0.480 e. The Bertz CT molecular complexity index is 370. The molecule has 0 amide bonds. The van der Waals surface area contributed by atoms with E-state index in [-0.39, 0.29) is 19.6 Å². The number of nitrogens with one attached hydrogen (secondary N) is 1. The van der Waals surface area contributed by atoms with Crippen molar-refractivity contribution < 1.29 is 24.2 Å². The summed E-state index contributed by atoms with van der Waals surface area (Å²) in [5.41, 5.74) is 0. The third-order valence-corrected chi connectivity index (χ3v) is 3.08. The van der Waals surface area contributed by atoms with Crippen LogP contribution in [-0.2, 0) is 19.1 Å². The first kappa shape index (κ1) is 14.7. The minimum Gasteiger partial charge on any atom is -0.480 e. The minimum atomic E-state index is -1.04. The zero-order chi connectivity index (χ0) is 13.7. The smallest absolute Gasteiger partial charge is 0.320 e. The first-order chi connectivity index (χ1) is 8.47. The number of aliphatic carboxylic acids is 1. The zero-order valence-electron chi connectivity index (χ0n) is 9.67. The first-order valence-electron chi connectivity index (χ1n) is 5.44. The summed E-state index contributed by atoms with van der Waals surface area (Å²) in [4.78, 5) is 33.9. The van der Waals surface area contributed by atoms with Gasteiger partial charge in [-0.3, -0.25) is 14.4 Å². The summed E-state index contributed by atoms with van der Waals surface area (Å²) in [5, 5.41) is 11.0. The molecular weight excluding hydrogens is 258 g/mol. The summed E-state index contributed by atoms with van der Waals surface area (Å²) in [6.07, 6.45) is 1.60. The SMILES string of the molecule is C=CCOC(=O)C(C(=O)S)C1CNC(C(=O)O)C1. The van der Waals surface area contributed by atoms with E-state index >= 15 is 0 Å². The number of esters is 1. The van der Waals surface area contributed by atoms with Gasteiger partial charge in [0.1, 0.15) is 18.6 Å². The summed E-state index contributed by atoms with van der Waals surface area (Å²) in [7, 11) is 0. The fourth-order valence-electron chi connectivity index (χ4n) is 1.93. The van der Waals surface area contributed by atoms with Gasteiger partial charge in [-0.1, -0.05) is 12.7 Å². The molecule has 1 saturated heterocycles. The number of carboxylic acids is 1. The number of carbonyl (C=O) groups is 3. The van der Waals surface area contributed by atoms with Crippen LogP contribution >= 0.6 is 12.6 Å². The summed E-state index contributed by atoms with van der Waals surface area (Å²) in [6, 6.07) is -0.739. The Morgan fingerprint density at radius 1 is 1.56 bits per heavy atom. The molecule has 3 unspecified atom stereocenters. The lowest BCUT2D eigenvalue weighted by Crippen LogP contribution is -2.32. The van der Waals surface area contributed by atoms with Gasteiger partial charge >= 0.3 is 11.9 Å². The van der Waals surface area contributed by atoms with Crippen LogP contribution in [0.25, 0.3) is 0 Å². The van der Waals surface area contributed by atoms with E-state index < -0.39 is 34.9 Å². The molecule has 0 aliphatic carbocycles. The number of hydrogen-bond donors (Lipinski definition) is 3. The maximum Gasteiger partial charge on any atom is 0.320 e. The zero-order valence-corrected chi connectivity index (χ0v) is 10.6. The van der Waals surface area contributed by atoms with E-state index in [9.17, 15) is 14.4 Å². The molecule has 0 bridgehead atoms. The predicted octanol–water partition coefficient (Wildman–Crippen LogP) is -0.149. The van der Waals surface area contributed by atoms with Crippen molar-refractivity contribution >= 4 is 29.7 Å². The normalized spacial score (nSPS) is 24.3. The highest BCUT2D eigenvalue weighted by molar-refractivity contribution is 7.96. The molecule has 0 radical (unpaired) electrons. The van der Waals surface area contributed by atoms with Gasteiger partial charge in [-0.15, -0.1) is 12.6 Å². The van der Waals surface area contributed by atoms with Gasteiger partial charge < -0.3 is 15.2 Å². The molecule has 0 aromatic heterocycles. The van der Waals surface area contributed by atoms with Crippen LogP contribution < -0.4 is 5.32 Å². The molecule has 0 aromatic rings. The lowest BCUT2D eigenvalue weighted by molar-refractivity contribution is -0.151. The van der Waals surface area contributed by atoms with E-state index in [1.54, 1.807) is 0 Å². The second-order valence-electron chi connectivity index (χ2n) is 4.03. The van der Waals surface area contributed by atoms with Crippen LogP contribution in [-0.4, -0.2) is 41.4 Å². The standard InChI is InChI=1S/C11H15NO5S/c1-2-3-17-10(15)8(11(16)18)6-4-7(9(13)14)12-5-6/h2,6-8,12H,1,3-5H2,(H,13,14)(H,16,18). The molecule has 0 saturated carbocycles. The average molecular weight is 273 g/mol. The van der Waals surface area contributed by atoms with Crippen LogP contribution in [0.5, 0.6) is 0 Å². The van der Waals surface area contributed by atoms with Crippen molar-refractivity contribution in [3.8, 4) is 0 Å². The Hall–Kier alpha value is -1.34. The van der Waals surface area contributed by atoms with E-state index in [0.29, 0.717) is 0 Å². The Labute approximate surface area is 110 Å². The second kappa shape index (κ2) is 6.55. The molecule has 1 aliphatic rings. The highest BCUT2D eigenvalue weighted by Crippen LogP contribution is 2.26. The molecule has 7 heteroatoms. The molecule has 2 N–H and O–H groups in total. The molecule has 0 spiro atoms. The van der Waals surface area contributed by atoms with Crippen molar-refractivity contribution in [2.45, 2.75) is 12.5 Å². The molecule has 3 atom stereocenters. The second-order valence-corrected chi connectivity index (χ2v) is 4.47. The topological polar surface area (TPSA) is 92.7 Å². The van der Waals surface area contributed by atoms with Crippen LogP contribution in [0.15, 0.2) is 12.7 Å². The molecule has 1 aliphatic heterocycles. The summed E-state index contributed by atoms with van der Waals surface area (Å²) >= 11 is 3.67. The molecule has 6 nitrogen and oxygen atoms in total. The maximum atomic E-state index is 11.7. The lowest BCUT2D eigenvalue weighted by Gasteiger charge is -2.17. The van der Waals surface area contributed by atoms with Crippen molar-refractivity contribution in [3.63, 3.8) is 0 Å². The van der Waals surface area contributed by atoms with Crippen molar-refractivity contribution in [2.75, 3.05) is 13.2 Å². The fourth-order valence-corrected chi connectivity index (χ4v) is 2.25. The van der Waals surface area contributed by atoms with Crippen LogP contribution in [0.2, 0.25) is 0 Å². The van der Waals surface area contributed by atoms with Gasteiger partial charge in [0.15, 0.2) is 5.12 Å². The molecule has 0 aromatic carbocycles. The average Bonchev–Trinajstić information content (AvgIpc) is 2.75. The summed E-state index contributed by atoms with van der Waals surface area (Å²) in [5.74, 6) is -3.13. The number of ether oxygens (including phenoxy) is 1. The summed E-state index contributed by atoms with van der Waals surface area (Å²) in [6.45, 7) is 3.69. The number of rotatable bonds is 6. The van der Waals surface area contributed by atoms with E-state index in [0.717, 1.165) is 0 Å². The third-order valence-electron chi connectivity index (χ3n) is 2.80. The molecular formula is C11H15NO5S. The van der Waals surface area contributed by atoms with Gasteiger partial charge in [0, 0.05) is 6.54 Å². The van der Waals surface area contributed by atoms with Crippen molar-refractivity contribution in [1.29, 1.82) is 0 Å². The van der Waals surface area contributed by atoms with Gasteiger partial charge in [0.2, 0.25) is 0 Å². The monoisotopic (exact) mass is 273 g/mol. The Balaban J connectivity index is 2.69. The quantitative estimate of drug-likeness (QED) is 0.270. The van der Waals surface area contributed by atoms with E-state index in [4.69, 9.17) is 9.84 Å². The Morgan fingerprint density at radius 3 is 2.67 bits per heavy atom. The van der Waals surface area contributed by atoms with Gasteiger partial charge in [-0.05, 0) is 12.3 Å². The third kappa shape index (κ3) is 3.58. The number of carboxylic acid groups (broad SMARTS) is 1. The number of hydrogen-bond acceptors (Lipinski definition) is 5. The molecule has 18 heavy (non-hydrogen) atoms. The summed E-state index contributed by atoms with van der Waals surface area (Å²) < 4.78 is 4.82. The van der Waals surface area contributed by atoms with Gasteiger partial charge in [0.25, 0.3) is 0 Å². The highest BCUT2D eigenvalue weighted by Gasteiger charge is 2.40. The number of thiol groups is 1. The molecule has 1 heterocycles. The Kier molecular flexibility index (Phi) is 5.36. The fraction of sp³-hybridized carbons (Fsp3) is 0.545. The van der Waals surface area contributed by atoms with Gasteiger partial charge in [-0.25, -0.2) is 0 Å². The van der Waals surface area contributed by atoms with Crippen molar-refractivity contribution in [2.24, 2.45) is 11.8 Å². The van der Waals surface area contributed by atoms with E-state index in [1.807, 2.05) is 0 Å². The highest BCUT2D eigenvalue weighted by atomic mass is 32.1. The number of carbonyl (C=O) groups excluding carboxylic acids is 2. The minimum absolute atomic E-state index is 0.0128. The van der Waals surface area contributed by atoms with Crippen LogP contribution in [0.3, 0.4) is 0 Å². The molecule has 1 rings (SSSR count).